The molecule has 0 bridgehead atoms. The summed E-state index contributed by atoms with van der Waals surface area (Å²) < 4.78 is 23.1. The Morgan fingerprint density at radius 1 is 1.12 bits per heavy atom. The van der Waals surface area contributed by atoms with E-state index in [9.17, 15) is 4.79 Å². The van der Waals surface area contributed by atoms with Gasteiger partial charge in [-0.25, -0.2) is 0 Å². The summed E-state index contributed by atoms with van der Waals surface area (Å²) in [6.07, 6.45) is 2.76. The molecule has 0 unspecified atom stereocenters. The summed E-state index contributed by atoms with van der Waals surface area (Å²) in [4.78, 5) is 12.7. The molecular formula is C20H29BO5. The van der Waals surface area contributed by atoms with Crippen LogP contribution in [0, 0.1) is 5.92 Å². The summed E-state index contributed by atoms with van der Waals surface area (Å²) in [6.45, 7) is 8.44. The minimum absolute atomic E-state index is 0.0550. The average molecular weight is 360 g/mol. The van der Waals surface area contributed by atoms with Crippen LogP contribution in [0.4, 0.5) is 0 Å². The Morgan fingerprint density at radius 2 is 1.73 bits per heavy atom. The van der Waals surface area contributed by atoms with Gasteiger partial charge in [0.15, 0.2) is 0 Å². The molecule has 1 aromatic rings. The van der Waals surface area contributed by atoms with Gasteiger partial charge >= 0.3 is 13.1 Å². The largest absolute Gasteiger partial charge is 0.497 e. The van der Waals surface area contributed by atoms with Crippen molar-refractivity contribution in [3.8, 4) is 5.75 Å². The Bertz CT molecular complexity index is 624. The fourth-order valence-corrected chi connectivity index (χ4v) is 3.65. The molecule has 1 aliphatic heterocycles. The fourth-order valence-electron chi connectivity index (χ4n) is 3.65. The highest BCUT2D eigenvalue weighted by atomic mass is 16.7. The molecule has 142 valence electrons. The zero-order chi connectivity index (χ0) is 18.9. The Kier molecular flexibility index (Phi) is 5.36. The van der Waals surface area contributed by atoms with Crippen LogP contribution in [0.5, 0.6) is 5.75 Å². The Hall–Kier alpha value is -1.53. The van der Waals surface area contributed by atoms with E-state index in [1.165, 1.54) is 0 Å². The molecule has 1 aliphatic carbocycles. The molecule has 1 aromatic carbocycles. The summed E-state index contributed by atoms with van der Waals surface area (Å²) in [6, 6.07) is 7.55. The van der Waals surface area contributed by atoms with Crippen molar-refractivity contribution in [3.05, 3.63) is 29.8 Å². The van der Waals surface area contributed by atoms with Crippen LogP contribution in [0.15, 0.2) is 24.3 Å². The summed E-state index contributed by atoms with van der Waals surface area (Å²) >= 11 is 0. The monoisotopic (exact) mass is 360 g/mol. The van der Waals surface area contributed by atoms with Crippen molar-refractivity contribution < 1.29 is 23.6 Å². The first-order chi connectivity index (χ1) is 12.2. The van der Waals surface area contributed by atoms with E-state index >= 15 is 0 Å². The first-order valence-corrected chi connectivity index (χ1v) is 9.39. The lowest BCUT2D eigenvalue weighted by Crippen LogP contribution is -2.41. The third-order valence-electron chi connectivity index (χ3n) is 6.03. The Labute approximate surface area is 156 Å². The van der Waals surface area contributed by atoms with Crippen molar-refractivity contribution in [1.82, 2.24) is 0 Å². The van der Waals surface area contributed by atoms with Gasteiger partial charge in [-0.05, 0) is 51.8 Å². The van der Waals surface area contributed by atoms with Gasteiger partial charge in [-0.15, -0.1) is 0 Å². The van der Waals surface area contributed by atoms with E-state index < -0.39 is 0 Å². The van der Waals surface area contributed by atoms with E-state index in [-0.39, 0.29) is 42.6 Å². The summed E-state index contributed by atoms with van der Waals surface area (Å²) in [7, 11) is 1.28. The predicted molar refractivity (Wildman–Crippen MR) is 100.0 cm³/mol. The molecule has 26 heavy (non-hydrogen) atoms. The maximum Gasteiger partial charge on any atom is 0.462 e. The third kappa shape index (κ3) is 3.76. The van der Waals surface area contributed by atoms with Crippen molar-refractivity contribution in [1.29, 1.82) is 0 Å². The molecular weight excluding hydrogens is 331 g/mol. The van der Waals surface area contributed by atoms with E-state index in [0.717, 1.165) is 30.6 Å². The van der Waals surface area contributed by atoms with Crippen LogP contribution >= 0.6 is 0 Å². The van der Waals surface area contributed by atoms with Crippen LogP contribution in [0.1, 0.15) is 52.5 Å². The predicted octanol–water partition coefficient (Wildman–Crippen LogP) is 4.00. The molecule has 0 N–H and O–H groups in total. The minimum atomic E-state index is -0.377. The van der Waals surface area contributed by atoms with Crippen LogP contribution in [0.3, 0.4) is 0 Å². The summed E-state index contributed by atoms with van der Waals surface area (Å²) in [5, 5.41) is 0. The number of hydrogen-bond acceptors (Lipinski definition) is 5. The molecule has 1 heterocycles. The highest BCUT2D eigenvalue weighted by Crippen LogP contribution is 2.47. The highest BCUT2D eigenvalue weighted by Gasteiger charge is 2.56. The van der Waals surface area contributed by atoms with Crippen LogP contribution in [0.25, 0.3) is 0 Å². The average Bonchev–Trinajstić information content (AvgIpc) is 3.16. The van der Waals surface area contributed by atoms with Crippen molar-refractivity contribution in [2.45, 2.75) is 70.6 Å². The van der Waals surface area contributed by atoms with Gasteiger partial charge in [0.2, 0.25) is 0 Å². The molecule has 2 atom stereocenters. The van der Waals surface area contributed by atoms with Crippen molar-refractivity contribution >= 4 is 13.1 Å². The van der Waals surface area contributed by atoms with Crippen LogP contribution < -0.4 is 4.74 Å². The maximum absolute atomic E-state index is 12.7. The topological polar surface area (TPSA) is 54.0 Å². The molecule has 3 rings (SSSR count). The van der Waals surface area contributed by atoms with Gasteiger partial charge in [-0.3, -0.25) is 4.79 Å². The molecule has 5 nitrogen and oxygen atoms in total. The highest BCUT2D eigenvalue weighted by molar-refractivity contribution is 6.48. The zero-order valence-electron chi connectivity index (χ0n) is 16.4. The second-order valence-corrected chi connectivity index (χ2v) is 8.28. The molecule has 0 radical (unpaired) electrons. The third-order valence-corrected chi connectivity index (χ3v) is 6.03. The normalized spacial score (nSPS) is 26.7. The molecule has 0 spiro atoms. The zero-order valence-corrected chi connectivity index (χ0v) is 16.4. The van der Waals surface area contributed by atoms with Gasteiger partial charge in [0, 0.05) is 5.82 Å². The number of carbonyl (C=O) groups is 1. The van der Waals surface area contributed by atoms with Crippen molar-refractivity contribution in [2.75, 3.05) is 7.11 Å². The molecule has 1 saturated heterocycles. The number of benzene rings is 1. The lowest BCUT2D eigenvalue weighted by Gasteiger charge is -2.32. The van der Waals surface area contributed by atoms with E-state index in [1.54, 1.807) is 7.11 Å². The number of hydrogen-bond donors (Lipinski definition) is 0. The fraction of sp³-hybridized carbons (Fsp3) is 0.650. The smallest absolute Gasteiger partial charge is 0.462 e. The minimum Gasteiger partial charge on any atom is -0.497 e. The Balaban J connectivity index is 1.60. The molecule has 0 amide bonds. The molecule has 2 fully saturated rings. The number of esters is 1. The molecule has 1 saturated carbocycles. The SMILES string of the molecule is COc1ccc(COC(=O)[C@H]2CCC[C@H]2B2OC(C)(C)C(C)(C)O2)cc1. The molecule has 0 aromatic heterocycles. The maximum atomic E-state index is 12.7. The van der Waals surface area contributed by atoms with Gasteiger partial charge in [0.1, 0.15) is 12.4 Å². The standard InChI is InChI=1S/C20H29BO5/c1-19(2)20(3,4)26-21(25-19)17-8-6-7-16(17)18(22)24-13-14-9-11-15(23-5)12-10-14/h9-12,16-17H,6-8,13H2,1-5H3/t16-,17+/m0/s1. The van der Waals surface area contributed by atoms with Crippen molar-refractivity contribution in [2.24, 2.45) is 5.92 Å². The molecule has 2 aliphatic rings. The van der Waals surface area contributed by atoms with Crippen LogP contribution in [-0.4, -0.2) is 31.4 Å². The lowest BCUT2D eigenvalue weighted by atomic mass is 9.66. The van der Waals surface area contributed by atoms with Gasteiger partial charge < -0.3 is 18.8 Å². The molecule has 6 heteroatoms. The summed E-state index contributed by atoms with van der Waals surface area (Å²) in [5.74, 6) is 0.525. The van der Waals surface area contributed by atoms with E-state index in [0.29, 0.717) is 0 Å². The second-order valence-electron chi connectivity index (χ2n) is 8.28. The number of carbonyl (C=O) groups excluding carboxylic acids is 1. The van der Waals surface area contributed by atoms with Gasteiger partial charge in [0.25, 0.3) is 0 Å². The van der Waals surface area contributed by atoms with E-state index in [2.05, 4.69) is 0 Å². The number of ether oxygens (including phenoxy) is 2. The second kappa shape index (κ2) is 7.24. The van der Waals surface area contributed by atoms with E-state index in [4.69, 9.17) is 18.8 Å². The van der Waals surface area contributed by atoms with Crippen molar-refractivity contribution in [3.63, 3.8) is 0 Å². The Morgan fingerprint density at radius 3 is 2.31 bits per heavy atom. The van der Waals surface area contributed by atoms with Crippen LogP contribution in [0.2, 0.25) is 5.82 Å². The van der Waals surface area contributed by atoms with Crippen LogP contribution in [-0.2, 0) is 25.4 Å². The lowest BCUT2D eigenvalue weighted by molar-refractivity contribution is -0.149. The first kappa shape index (κ1) is 19.2. The van der Waals surface area contributed by atoms with Gasteiger partial charge in [-0.2, -0.15) is 0 Å². The van der Waals surface area contributed by atoms with E-state index in [1.807, 2.05) is 52.0 Å². The number of methoxy groups -OCH3 is 1. The number of rotatable bonds is 5. The summed E-state index contributed by atoms with van der Waals surface area (Å²) in [5.41, 5.74) is 0.194. The first-order valence-electron chi connectivity index (χ1n) is 9.39. The van der Waals surface area contributed by atoms with Gasteiger partial charge in [0.05, 0.1) is 24.2 Å². The quantitative estimate of drug-likeness (QED) is 0.587. The van der Waals surface area contributed by atoms with Gasteiger partial charge in [-0.1, -0.05) is 25.0 Å².